The van der Waals surface area contributed by atoms with Crippen molar-refractivity contribution in [3.8, 4) is 0 Å². The molecule has 0 aromatic heterocycles. The Morgan fingerprint density at radius 3 is 2.59 bits per heavy atom. The van der Waals surface area contributed by atoms with Crippen molar-refractivity contribution < 1.29 is 19.5 Å². The molecule has 0 unspecified atom stereocenters. The minimum absolute atomic E-state index is 0.111. The number of amides is 2. The number of carboxylic acids is 1. The second-order valence-corrected chi connectivity index (χ2v) is 3.34. The van der Waals surface area contributed by atoms with Crippen LogP contribution in [0.1, 0.15) is 17.3 Å². The number of aliphatic carboxylic acids is 1. The van der Waals surface area contributed by atoms with Crippen LogP contribution in [0.4, 0.5) is 10.5 Å². The lowest BCUT2D eigenvalue weighted by atomic mass is 10.1. The number of ketones is 1. The molecule has 1 aromatic rings. The molecule has 1 rings (SSSR count). The van der Waals surface area contributed by atoms with E-state index in [1.165, 1.54) is 13.0 Å². The van der Waals surface area contributed by atoms with Crippen LogP contribution in [0.5, 0.6) is 0 Å². The first-order valence-electron chi connectivity index (χ1n) is 4.86. The van der Waals surface area contributed by atoms with Crippen LogP contribution in [-0.2, 0) is 4.79 Å². The van der Waals surface area contributed by atoms with E-state index in [-0.39, 0.29) is 5.78 Å². The van der Waals surface area contributed by atoms with E-state index in [9.17, 15) is 14.4 Å². The number of hydrogen-bond donors (Lipinski definition) is 3. The van der Waals surface area contributed by atoms with Gasteiger partial charge in [-0.3, -0.25) is 9.59 Å². The quantitative estimate of drug-likeness (QED) is 0.682. The van der Waals surface area contributed by atoms with E-state index in [0.29, 0.717) is 11.3 Å². The van der Waals surface area contributed by atoms with Gasteiger partial charge in [0.1, 0.15) is 6.54 Å². The highest BCUT2D eigenvalue weighted by molar-refractivity contribution is 5.97. The van der Waals surface area contributed by atoms with E-state index in [4.69, 9.17) is 5.11 Å². The number of carbonyl (C=O) groups excluding carboxylic acids is 2. The van der Waals surface area contributed by atoms with E-state index >= 15 is 0 Å². The van der Waals surface area contributed by atoms with Gasteiger partial charge in [-0.2, -0.15) is 0 Å². The number of hydrogen-bond acceptors (Lipinski definition) is 3. The molecule has 1 aromatic carbocycles. The fourth-order valence-electron chi connectivity index (χ4n) is 1.15. The lowest BCUT2D eigenvalue weighted by molar-refractivity contribution is -0.135. The predicted octanol–water partition coefficient (Wildman–Crippen LogP) is 1.10. The number of nitrogens with one attached hydrogen (secondary N) is 2. The first kappa shape index (κ1) is 12.7. The Labute approximate surface area is 97.6 Å². The van der Waals surface area contributed by atoms with Gasteiger partial charge in [0.25, 0.3) is 0 Å². The predicted molar refractivity (Wildman–Crippen MR) is 61.1 cm³/mol. The second-order valence-electron chi connectivity index (χ2n) is 3.34. The average Bonchev–Trinajstić information content (AvgIpc) is 2.26. The fourth-order valence-corrected chi connectivity index (χ4v) is 1.15. The van der Waals surface area contributed by atoms with Crippen LogP contribution in [0.15, 0.2) is 24.3 Å². The summed E-state index contributed by atoms with van der Waals surface area (Å²) in [6.07, 6.45) is 0. The smallest absolute Gasteiger partial charge is 0.323 e. The number of anilines is 1. The molecule has 0 aliphatic rings. The van der Waals surface area contributed by atoms with Crippen LogP contribution in [0.3, 0.4) is 0 Å². The molecule has 0 saturated carbocycles. The lowest BCUT2D eigenvalue weighted by Crippen LogP contribution is -2.33. The summed E-state index contributed by atoms with van der Waals surface area (Å²) >= 11 is 0. The Morgan fingerprint density at radius 2 is 2.00 bits per heavy atom. The van der Waals surface area contributed by atoms with E-state index < -0.39 is 18.5 Å². The van der Waals surface area contributed by atoms with Gasteiger partial charge in [-0.1, -0.05) is 12.1 Å². The zero-order valence-corrected chi connectivity index (χ0v) is 9.19. The van der Waals surface area contributed by atoms with Gasteiger partial charge in [0.2, 0.25) is 0 Å². The summed E-state index contributed by atoms with van der Waals surface area (Å²) in [4.78, 5) is 32.5. The summed E-state index contributed by atoms with van der Waals surface area (Å²) in [6, 6.07) is 5.75. The Balaban J connectivity index is 2.62. The number of Topliss-reactive ketones (excluding diaryl/α,β-unsaturated/α-hetero) is 1. The highest BCUT2D eigenvalue weighted by Gasteiger charge is 2.05. The molecule has 3 N–H and O–H groups in total. The monoisotopic (exact) mass is 236 g/mol. The first-order chi connectivity index (χ1) is 7.99. The van der Waals surface area contributed by atoms with Crippen molar-refractivity contribution in [3.05, 3.63) is 29.8 Å². The molecule has 0 aliphatic heterocycles. The Hall–Kier alpha value is -2.37. The first-order valence-corrected chi connectivity index (χ1v) is 4.86. The Morgan fingerprint density at radius 1 is 1.29 bits per heavy atom. The van der Waals surface area contributed by atoms with E-state index in [1.54, 1.807) is 18.2 Å². The van der Waals surface area contributed by atoms with Crippen molar-refractivity contribution in [1.82, 2.24) is 5.32 Å². The minimum atomic E-state index is -1.13. The normalized spacial score (nSPS) is 9.47. The number of rotatable bonds is 4. The number of carboxylic acid groups (broad SMARTS) is 1. The SMILES string of the molecule is CC(=O)c1cccc(NC(=O)NCC(=O)O)c1. The summed E-state index contributed by atoms with van der Waals surface area (Å²) < 4.78 is 0. The third-order valence-corrected chi connectivity index (χ3v) is 1.93. The molecule has 6 heteroatoms. The summed E-state index contributed by atoms with van der Waals surface area (Å²) in [5, 5.41) is 12.9. The van der Waals surface area contributed by atoms with Gasteiger partial charge >= 0.3 is 12.0 Å². The molecule has 17 heavy (non-hydrogen) atoms. The van der Waals surface area contributed by atoms with Gasteiger partial charge in [0.15, 0.2) is 5.78 Å². The molecule has 0 fully saturated rings. The molecular formula is C11H12N2O4. The number of urea groups is 1. The number of carbonyl (C=O) groups is 3. The van der Waals surface area contributed by atoms with E-state index in [1.807, 2.05) is 0 Å². The highest BCUT2D eigenvalue weighted by atomic mass is 16.4. The molecule has 6 nitrogen and oxygen atoms in total. The zero-order valence-electron chi connectivity index (χ0n) is 9.19. The zero-order chi connectivity index (χ0) is 12.8. The summed E-state index contributed by atoms with van der Waals surface area (Å²) in [5.74, 6) is -1.24. The topological polar surface area (TPSA) is 95.5 Å². The number of benzene rings is 1. The Bertz CT molecular complexity index is 457. The summed E-state index contributed by atoms with van der Waals surface area (Å²) in [6.45, 7) is 0.960. The molecule has 0 spiro atoms. The van der Waals surface area contributed by atoms with E-state index in [0.717, 1.165) is 0 Å². The van der Waals surface area contributed by atoms with Crippen LogP contribution in [0.2, 0.25) is 0 Å². The van der Waals surface area contributed by atoms with Crippen molar-refractivity contribution in [2.45, 2.75) is 6.92 Å². The molecule has 0 aliphatic carbocycles. The van der Waals surface area contributed by atoms with Crippen molar-refractivity contribution in [1.29, 1.82) is 0 Å². The van der Waals surface area contributed by atoms with Crippen LogP contribution < -0.4 is 10.6 Å². The van der Waals surface area contributed by atoms with Crippen LogP contribution >= 0.6 is 0 Å². The average molecular weight is 236 g/mol. The third-order valence-electron chi connectivity index (χ3n) is 1.93. The van der Waals surface area contributed by atoms with Gasteiger partial charge in [-0.05, 0) is 19.1 Å². The van der Waals surface area contributed by atoms with E-state index in [2.05, 4.69) is 10.6 Å². The second kappa shape index (κ2) is 5.64. The van der Waals surface area contributed by atoms with Crippen LogP contribution in [-0.4, -0.2) is 29.4 Å². The van der Waals surface area contributed by atoms with Crippen molar-refractivity contribution >= 4 is 23.5 Å². The minimum Gasteiger partial charge on any atom is -0.480 e. The summed E-state index contributed by atoms with van der Waals surface area (Å²) in [7, 11) is 0. The molecular weight excluding hydrogens is 224 g/mol. The van der Waals surface area contributed by atoms with Crippen molar-refractivity contribution in [3.63, 3.8) is 0 Å². The highest BCUT2D eigenvalue weighted by Crippen LogP contribution is 2.10. The van der Waals surface area contributed by atoms with Crippen LogP contribution in [0.25, 0.3) is 0 Å². The molecule has 2 amide bonds. The van der Waals surface area contributed by atoms with Gasteiger partial charge in [0, 0.05) is 11.3 Å². The molecule has 0 bridgehead atoms. The van der Waals surface area contributed by atoms with Crippen LogP contribution in [0, 0.1) is 0 Å². The van der Waals surface area contributed by atoms with Crippen molar-refractivity contribution in [2.24, 2.45) is 0 Å². The summed E-state index contributed by atoms with van der Waals surface area (Å²) in [5.41, 5.74) is 0.904. The largest absolute Gasteiger partial charge is 0.480 e. The standard InChI is InChI=1S/C11H12N2O4/c1-7(14)8-3-2-4-9(5-8)13-11(17)12-6-10(15)16/h2-5H,6H2,1H3,(H,15,16)(H2,12,13,17). The van der Waals surface area contributed by atoms with Gasteiger partial charge in [-0.15, -0.1) is 0 Å². The van der Waals surface area contributed by atoms with Gasteiger partial charge < -0.3 is 15.7 Å². The van der Waals surface area contributed by atoms with Gasteiger partial charge in [-0.25, -0.2) is 4.79 Å². The maximum atomic E-state index is 11.2. The molecule has 0 atom stereocenters. The van der Waals surface area contributed by atoms with Gasteiger partial charge in [0.05, 0.1) is 0 Å². The fraction of sp³-hybridized carbons (Fsp3) is 0.182. The maximum absolute atomic E-state index is 11.2. The molecule has 0 saturated heterocycles. The van der Waals surface area contributed by atoms with Crippen molar-refractivity contribution in [2.75, 3.05) is 11.9 Å². The third kappa shape index (κ3) is 4.33. The lowest BCUT2D eigenvalue weighted by Gasteiger charge is -2.06. The molecule has 90 valence electrons. The maximum Gasteiger partial charge on any atom is 0.323 e. The Kier molecular flexibility index (Phi) is 4.21. The molecule has 0 radical (unpaired) electrons. The molecule has 0 heterocycles.